The Morgan fingerprint density at radius 1 is 1.30 bits per heavy atom. The Labute approximate surface area is 122 Å². The number of nitrogens with zero attached hydrogens (tertiary/aromatic N) is 1. The van der Waals surface area contributed by atoms with Gasteiger partial charge in [-0.15, -0.1) is 0 Å². The third-order valence-electron chi connectivity index (χ3n) is 3.02. The quantitative estimate of drug-likeness (QED) is 0.848. The predicted molar refractivity (Wildman–Crippen MR) is 81.4 cm³/mol. The van der Waals surface area contributed by atoms with E-state index in [1.165, 1.54) is 6.07 Å². The minimum Gasteiger partial charge on any atom is -0.478 e. The predicted octanol–water partition coefficient (Wildman–Crippen LogP) is 3.26. The number of hydrogen-bond donors (Lipinski definition) is 2. The van der Waals surface area contributed by atoms with Crippen molar-refractivity contribution in [1.29, 1.82) is 0 Å². The zero-order valence-corrected chi connectivity index (χ0v) is 11.8. The van der Waals surface area contributed by atoms with Crippen LogP contribution in [0.2, 0.25) is 5.02 Å². The summed E-state index contributed by atoms with van der Waals surface area (Å²) in [5.74, 6) is -1.02. The van der Waals surface area contributed by atoms with E-state index in [9.17, 15) is 4.79 Å². The number of aromatic carboxylic acids is 1. The second kappa shape index (κ2) is 5.84. The van der Waals surface area contributed by atoms with Crippen LogP contribution in [0.3, 0.4) is 0 Å². The molecule has 0 radical (unpaired) electrons. The number of carboxylic acid groups (broad SMARTS) is 1. The van der Waals surface area contributed by atoms with Gasteiger partial charge in [0.05, 0.1) is 5.56 Å². The standard InChI is InChI=1S/C15H15ClN2O2/c1-18(9-10-3-2-4-11(16)7-10)12-5-6-13(15(19)20)14(17)8-12/h2-8H,9,17H2,1H3,(H,19,20). The van der Waals surface area contributed by atoms with Crippen LogP contribution in [0.5, 0.6) is 0 Å². The number of benzene rings is 2. The van der Waals surface area contributed by atoms with Crippen molar-refractivity contribution < 1.29 is 9.90 Å². The molecular formula is C15H15ClN2O2. The molecule has 0 amide bonds. The fraction of sp³-hybridized carbons (Fsp3) is 0.133. The van der Waals surface area contributed by atoms with Gasteiger partial charge in [0.1, 0.15) is 0 Å². The third kappa shape index (κ3) is 3.22. The Kier molecular flexibility index (Phi) is 4.15. The fourth-order valence-corrected chi connectivity index (χ4v) is 2.20. The van der Waals surface area contributed by atoms with E-state index in [0.29, 0.717) is 11.6 Å². The van der Waals surface area contributed by atoms with Crippen molar-refractivity contribution in [2.75, 3.05) is 17.7 Å². The van der Waals surface area contributed by atoms with Crippen LogP contribution in [0.15, 0.2) is 42.5 Å². The summed E-state index contributed by atoms with van der Waals surface area (Å²) in [5, 5.41) is 9.64. The summed E-state index contributed by atoms with van der Waals surface area (Å²) in [6, 6.07) is 12.5. The first-order valence-electron chi connectivity index (χ1n) is 6.06. The maximum atomic E-state index is 10.9. The van der Waals surface area contributed by atoms with Crippen molar-refractivity contribution in [2.45, 2.75) is 6.54 Å². The van der Waals surface area contributed by atoms with Crippen molar-refractivity contribution in [2.24, 2.45) is 0 Å². The molecule has 0 fully saturated rings. The summed E-state index contributed by atoms with van der Waals surface area (Å²) in [6.07, 6.45) is 0. The molecule has 20 heavy (non-hydrogen) atoms. The van der Waals surface area contributed by atoms with E-state index in [1.807, 2.05) is 36.2 Å². The number of anilines is 2. The van der Waals surface area contributed by atoms with Gasteiger partial charge in [0.25, 0.3) is 0 Å². The normalized spacial score (nSPS) is 10.3. The minimum atomic E-state index is -1.02. The van der Waals surface area contributed by atoms with Crippen LogP contribution in [0, 0.1) is 0 Å². The van der Waals surface area contributed by atoms with Crippen LogP contribution in [0.4, 0.5) is 11.4 Å². The molecule has 0 aliphatic rings. The lowest BCUT2D eigenvalue weighted by Gasteiger charge is -2.20. The van der Waals surface area contributed by atoms with Crippen LogP contribution in [0.1, 0.15) is 15.9 Å². The van der Waals surface area contributed by atoms with Gasteiger partial charge in [0.15, 0.2) is 0 Å². The topological polar surface area (TPSA) is 66.6 Å². The highest BCUT2D eigenvalue weighted by Gasteiger charge is 2.10. The average Bonchev–Trinajstić information content (AvgIpc) is 2.38. The lowest BCUT2D eigenvalue weighted by atomic mass is 10.1. The van der Waals surface area contributed by atoms with Crippen molar-refractivity contribution >= 4 is 28.9 Å². The summed E-state index contributed by atoms with van der Waals surface area (Å²) in [5.41, 5.74) is 8.05. The van der Waals surface area contributed by atoms with Crippen LogP contribution in [-0.4, -0.2) is 18.1 Å². The average molecular weight is 291 g/mol. The Balaban J connectivity index is 2.19. The molecule has 2 aromatic rings. The number of carboxylic acids is 1. The summed E-state index contributed by atoms with van der Waals surface area (Å²) in [4.78, 5) is 12.9. The molecule has 0 aliphatic carbocycles. The Morgan fingerprint density at radius 2 is 2.05 bits per heavy atom. The maximum absolute atomic E-state index is 10.9. The van der Waals surface area contributed by atoms with Crippen molar-refractivity contribution in [3.8, 4) is 0 Å². The van der Waals surface area contributed by atoms with Gasteiger partial charge in [0, 0.05) is 30.0 Å². The number of nitrogen functional groups attached to an aromatic ring is 1. The van der Waals surface area contributed by atoms with Gasteiger partial charge in [-0.05, 0) is 35.9 Å². The highest BCUT2D eigenvalue weighted by molar-refractivity contribution is 6.30. The van der Waals surface area contributed by atoms with Gasteiger partial charge >= 0.3 is 5.97 Å². The summed E-state index contributed by atoms with van der Waals surface area (Å²) in [7, 11) is 1.91. The lowest BCUT2D eigenvalue weighted by molar-refractivity contribution is 0.0698. The Bertz CT molecular complexity index is 644. The van der Waals surface area contributed by atoms with Gasteiger partial charge < -0.3 is 15.7 Å². The van der Waals surface area contributed by atoms with E-state index in [0.717, 1.165) is 11.3 Å². The van der Waals surface area contributed by atoms with Crippen LogP contribution in [-0.2, 0) is 6.54 Å². The molecule has 0 saturated carbocycles. The zero-order chi connectivity index (χ0) is 14.7. The molecular weight excluding hydrogens is 276 g/mol. The van der Waals surface area contributed by atoms with E-state index in [1.54, 1.807) is 12.1 Å². The summed E-state index contributed by atoms with van der Waals surface area (Å²) >= 11 is 5.95. The van der Waals surface area contributed by atoms with Crippen molar-refractivity contribution in [3.63, 3.8) is 0 Å². The zero-order valence-electron chi connectivity index (χ0n) is 11.0. The number of carbonyl (C=O) groups is 1. The smallest absolute Gasteiger partial charge is 0.337 e. The van der Waals surface area contributed by atoms with E-state index >= 15 is 0 Å². The summed E-state index contributed by atoms with van der Waals surface area (Å²) < 4.78 is 0. The molecule has 0 unspecified atom stereocenters. The van der Waals surface area contributed by atoms with Gasteiger partial charge in [-0.3, -0.25) is 0 Å². The SMILES string of the molecule is CN(Cc1cccc(Cl)c1)c1ccc(C(=O)O)c(N)c1. The van der Waals surface area contributed by atoms with Gasteiger partial charge in [0.2, 0.25) is 0 Å². The van der Waals surface area contributed by atoms with E-state index < -0.39 is 5.97 Å². The minimum absolute atomic E-state index is 0.116. The molecule has 0 atom stereocenters. The number of nitrogens with two attached hydrogens (primary N) is 1. The molecule has 2 rings (SSSR count). The molecule has 0 bridgehead atoms. The molecule has 0 heterocycles. The monoisotopic (exact) mass is 290 g/mol. The first-order chi connectivity index (χ1) is 9.47. The third-order valence-corrected chi connectivity index (χ3v) is 3.25. The molecule has 4 nitrogen and oxygen atoms in total. The fourth-order valence-electron chi connectivity index (χ4n) is 1.98. The first kappa shape index (κ1) is 14.2. The molecule has 0 aliphatic heterocycles. The first-order valence-corrected chi connectivity index (χ1v) is 6.43. The Morgan fingerprint density at radius 3 is 2.65 bits per heavy atom. The number of hydrogen-bond acceptors (Lipinski definition) is 3. The molecule has 0 saturated heterocycles. The molecule has 0 aromatic heterocycles. The summed E-state index contributed by atoms with van der Waals surface area (Å²) in [6.45, 7) is 0.659. The van der Waals surface area contributed by atoms with Crippen molar-refractivity contribution in [3.05, 3.63) is 58.6 Å². The number of rotatable bonds is 4. The van der Waals surface area contributed by atoms with E-state index in [4.69, 9.17) is 22.4 Å². The van der Waals surface area contributed by atoms with Gasteiger partial charge in [-0.25, -0.2) is 4.79 Å². The van der Waals surface area contributed by atoms with Gasteiger partial charge in [-0.2, -0.15) is 0 Å². The Hall–Kier alpha value is -2.20. The number of halogens is 1. The molecule has 2 aromatic carbocycles. The molecule has 3 N–H and O–H groups in total. The second-order valence-corrected chi connectivity index (χ2v) is 5.00. The molecule has 0 spiro atoms. The van der Waals surface area contributed by atoms with Crippen LogP contribution < -0.4 is 10.6 Å². The highest BCUT2D eigenvalue weighted by Crippen LogP contribution is 2.22. The lowest BCUT2D eigenvalue weighted by Crippen LogP contribution is -2.17. The van der Waals surface area contributed by atoms with Crippen LogP contribution >= 0.6 is 11.6 Å². The van der Waals surface area contributed by atoms with Gasteiger partial charge in [-0.1, -0.05) is 23.7 Å². The van der Waals surface area contributed by atoms with E-state index in [-0.39, 0.29) is 11.3 Å². The molecule has 5 heteroatoms. The highest BCUT2D eigenvalue weighted by atomic mass is 35.5. The van der Waals surface area contributed by atoms with E-state index in [2.05, 4.69) is 0 Å². The largest absolute Gasteiger partial charge is 0.478 e. The maximum Gasteiger partial charge on any atom is 0.337 e. The second-order valence-electron chi connectivity index (χ2n) is 4.56. The molecule has 104 valence electrons. The van der Waals surface area contributed by atoms with Crippen molar-refractivity contribution in [1.82, 2.24) is 0 Å². The van der Waals surface area contributed by atoms with Crippen LogP contribution in [0.25, 0.3) is 0 Å².